The molecule has 11 heteroatoms. The summed E-state index contributed by atoms with van der Waals surface area (Å²) in [5.41, 5.74) is 1.81. The smallest absolute Gasteiger partial charge is 0.338 e. The second-order valence-electron chi connectivity index (χ2n) is 8.51. The molecule has 0 aliphatic carbocycles. The van der Waals surface area contributed by atoms with Crippen LogP contribution < -0.4 is 10.0 Å². The number of hydrogen-bond acceptors (Lipinski definition) is 7. The van der Waals surface area contributed by atoms with Crippen molar-refractivity contribution in [2.24, 2.45) is 0 Å². The number of aryl methyl sites for hydroxylation is 1. The lowest BCUT2D eigenvalue weighted by molar-refractivity contribution is -0.119. The first kappa shape index (κ1) is 25.9. The summed E-state index contributed by atoms with van der Waals surface area (Å²) in [4.78, 5) is 28.3. The van der Waals surface area contributed by atoms with Crippen molar-refractivity contribution in [2.45, 2.75) is 38.0 Å². The summed E-state index contributed by atoms with van der Waals surface area (Å²) in [6.07, 6.45) is 1.55. The Hall–Kier alpha value is -2.76. The second-order valence-corrected chi connectivity index (χ2v) is 12.6. The van der Waals surface area contributed by atoms with Crippen LogP contribution in [0.1, 0.15) is 42.3 Å². The minimum Gasteiger partial charge on any atom is -0.452 e. The SMILES string of the molecule is Cc1ccc(C(C)(C)C)cc1S(=O)(=O)Nc1ccc(C(=O)OCC(=O)Nc2ncc(Br)s2)cc1. The van der Waals surface area contributed by atoms with Gasteiger partial charge in [0.2, 0.25) is 0 Å². The maximum absolute atomic E-state index is 13.0. The molecule has 3 rings (SSSR count). The number of sulfonamides is 1. The molecule has 0 aliphatic rings. The molecular formula is C23H24BrN3O5S2. The van der Waals surface area contributed by atoms with Gasteiger partial charge in [-0.3, -0.25) is 14.8 Å². The van der Waals surface area contributed by atoms with Crippen LogP contribution in [0.5, 0.6) is 0 Å². The van der Waals surface area contributed by atoms with Crippen LogP contribution in [0.2, 0.25) is 0 Å². The fourth-order valence-electron chi connectivity index (χ4n) is 2.92. The van der Waals surface area contributed by atoms with E-state index in [0.717, 1.165) is 9.35 Å². The number of amides is 1. The summed E-state index contributed by atoms with van der Waals surface area (Å²) >= 11 is 4.47. The molecule has 2 N–H and O–H groups in total. The second kappa shape index (κ2) is 10.2. The summed E-state index contributed by atoms with van der Waals surface area (Å²) in [6.45, 7) is 7.31. The Balaban J connectivity index is 1.64. The number of thiazole rings is 1. The van der Waals surface area contributed by atoms with E-state index in [2.05, 4.69) is 31.0 Å². The highest BCUT2D eigenvalue weighted by molar-refractivity contribution is 9.11. The van der Waals surface area contributed by atoms with Gasteiger partial charge in [-0.15, -0.1) is 0 Å². The standard InChI is InChI=1S/C23H24BrN3O5S2/c1-14-5-8-16(23(2,3)4)11-18(14)34(30,31)27-17-9-6-15(7-10-17)21(29)32-13-20(28)26-22-25-12-19(24)33-22/h5-12,27H,13H2,1-4H3,(H,25,26,28). The third-order valence-electron chi connectivity index (χ3n) is 4.77. The number of hydrogen-bond donors (Lipinski definition) is 2. The van der Waals surface area contributed by atoms with Crippen molar-refractivity contribution < 1.29 is 22.7 Å². The highest BCUT2D eigenvalue weighted by Crippen LogP contribution is 2.28. The molecule has 3 aromatic rings. The molecule has 0 fully saturated rings. The topological polar surface area (TPSA) is 114 Å². The first-order valence-electron chi connectivity index (χ1n) is 10.2. The molecule has 0 saturated heterocycles. The zero-order valence-electron chi connectivity index (χ0n) is 19.0. The van der Waals surface area contributed by atoms with Crippen molar-refractivity contribution in [1.29, 1.82) is 0 Å². The summed E-state index contributed by atoms with van der Waals surface area (Å²) in [6, 6.07) is 11.2. The molecule has 8 nitrogen and oxygen atoms in total. The van der Waals surface area contributed by atoms with E-state index >= 15 is 0 Å². The van der Waals surface area contributed by atoms with E-state index < -0.39 is 28.5 Å². The molecule has 0 bridgehead atoms. The Labute approximate surface area is 210 Å². The number of nitrogens with one attached hydrogen (secondary N) is 2. The van der Waals surface area contributed by atoms with Gasteiger partial charge < -0.3 is 4.74 Å². The van der Waals surface area contributed by atoms with Crippen molar-refractivity contribution in [1.82, 2.24) is 4.98 Å². The lowest BCUT2D eigenvalue weighted by Gasteiger charge is -2.21. The molecule has 2 aromatic carbocycles. The number of carbonyl (C=O) groups excluding carboxylic acids is 2. The monoisotopic (exact) mass is 565 g/mol. The highest BCUT2D eigenvalue weighted by atomic mass is 79.9. The number of ether oxygens (including phenoxy) is 1. The molecule has 1 heterocycles. The quantitative estimate of drug-likeness (QED) is 0.385. The number of aromatic nitrogens is 1. The van der Waals surface area contributed by atoms with Crippen LogP contribution in [0, 0.1) is 6.92 Å². The van der Waals surface area contributed by atoms with E-state index in [1.807, 2.05) is 26.8 Å². The number of benzene rings is 2. The van der Waals surface area contributed by atoms with Gasteiger partial charge in [0.15, 0.2) is 11.7 Å². The largest absolute Gasteiger partial charge is 0.452 e. The Kier molecular flexibility index (Phi) is 7.79. The lowest BCUT2D eigenvalue weighted by atomic mass is 9.87. The fraction of sp³-hybridized carbons (Fsp3) is 0.261. The van der Waals surface area contributed by atoms with Gasteiger partial charge in [0.25, 0.3) is 15.9 Å². The third kappa shape index (κ3) is 6.64. The van der Waals surface area contributed by atoms with Crippen LogP contribution in [0.15, 0.2) is 57.3 Å². The molecule has 0 atom stereocenters. The summed E-state index contributed by atoms with van der Waals surface area (Å²) in [7, 11) is -3.84. The average molecular weight is 566 g/mol. The molecule has 1 amide bonds. The number of anilines is 2. The van der Waals surface area contributed by atoms with Crippen LogP contribution in [0.25, 0.3) is 0 Å². The van der Waals surface area contributed by atoms with E-state index in [9.17, 15) is 18.0 Å². The van der Waals surface area contributed by atoms with Crippen molar-refractivity contribution in [3.05, 3.63) is 69.1 Å². The van der Waals surface area contributed by atoms with E-state index in [1.54, 1.807) is 25.3 Å². The minimum absolute atomic E-state index is 0.179. The zero-order chi connectivity index (χ0) is 25.1. The van der Waals surface area contributed by atoms with Crippen molar-refractivity contribution in [2.75, 3.05) is 16.6 Å². The zero-order valence-corrected chi connectivity index (χ0v) is 22.2. The van der Waals surface area contributed by atoms with Crippen molar-refractivity contribution >= 4 is 60.0 Å². The predicted octanol–water partition coefficient (Wildman–Crippen LogP) is 5.11. The molecule has 0 aliphatic heterocycles. The first-order valence-corrected chi connectivity index (χ1v) is 13.3. The lowest BCUT2D eigenvalue weighted by Crippen LogP contribution is -2.21. The van der Waals surface area contributed by atoms with E-state index in [1.165, 1.54) is 35.6 Å². The number of carbonyl (C=O) groups is 2. The van der Waals surface area contributed by atoms with Crippen LogP contribution in [0.4, 0.5) is 10.8 Å². The Morgan fingerprint density at radius 3 is 2.38 bits per heavy atom. The van der Waals surface area contributed by atoms with Gasteiger partial charge in [-0.2, -0.15) is 0 Å². The number of esters is 1. The van der Waals surface area contributed by atoms with Gasteiger partial charge in [0.1, 0.15) is 0 Å². The minimum atomic E-state index is -3.84. The summed E-state index contributed by atoms with van der Waals surface area (Å²) in [5, 5.41) is 2.90. The number of rotatable bonds is 7. The maximum Gasteiger partial charge on any atom is 0.338 e. The predicted molar refractivity (Wildman–Crippen MR) is 136 cm³/mol. The van der Waals surface area contributed by atoms with Gasteiger partial charge in [0.05, 0.1) is 20.4 Å². The van der Waals surface area contributed by atoms with Gasteiger partial charge in [-0.25, -0.2) is 18.2 Å². The van der Waals surface area contributed by atoms with E-state index in [0.29, 0.717) is 16.4 Å². The number of nitrogens with zero attached hydrogens (tertiary/aromatic N) is 1. The fourth-order valence-corrected chi connectivity index (χ4v) is 5.38. The molecule has 180 valence electrons. The molecular weight excluding hydrogens is 542 g/mol. The Morgan fingerprint density at radius 2 is 1.79 bits per heavy atom. The molecule has 0 saturated carbocycles. The van der Waals surface area contributed by atoms with Gasteiger partial charge >= 0.3 is 5.97 Å². The summed E-state index contributed by atoms with van der Waals surface area (Å²) in [5.74, 6) is -1.23. The molecule has 0 radical (unpaired) electrons. The average Bonchev–Trinajstić information content (AvgIpc) is 3.16. The summed E-state index contributed by atoms with van der Waals surface area (Å²) < 4.78 is 34.3. The van der Waals surface area contributed by atoms with Crippen molar-refractivity contribution in [3.8, 4) is 0 Å². The Morgan fingerprint density at radius 1 is 1.12 bits per heavy atom. The molecule has 1 aromatic heterocycles. The first-order chi connectivity index (χ1) is 15.8. The van der Waals surface area contributed by atoms with Gasteiger partial charge in [-0.05, 0) is 69.7 Å². The highest BCUT2D eigenvalue weighted by Gasteiger charge is 2.22. The normalized spacial score (nSPS) is 11.7. The van der Waals surface area contributed by atoms with Crippen LogP contribution in [0.3, 0.4) is 0 Å². The van der Waals surface area contributed by atoms with Crippen LogP contribution in [-0.2, 0) is 25.0 Å². The van der Waals surface area contributed by atoms with Crippen LogP contribution >= 0.6 is 27.3 Å². The van der Waals surface area contributed by atoms with Gasteiger partial charge in [-0.1, -0.05) is 44.2 Å². The Bertz CT molecular complexity index is 1310. The van der Waals surface area contributed by atoms with E-state index in [4.69, 9.17) is 4.74 Å². The third-order valence-corrected chi connectivity index (χ3v) is 7.69. The van der Waals surface area contributed by atoms with Crippen molar-refractivity contribution in [3.63, 3.8) is 0 Å². The maximum atomic E-state index is 13.0. The van der Waals surface area contributed by atoms with Crippen LogP contribution in [-0.4, -0.2) is 31.9 Å². The molecule has 34 heavy (non-hydrogen) atoms. The molecule has 0 spiro atoms. The molecule has 0 unspecified atom stereocenters. The van der Waals surface area contributed by atoms with Gasteiger partial charge in [0, 0.05) is 5.69 Å². The van der Waals surface area contributed by atoms with E-state index in [-0.39, 0.29) is 15.9 Å². The number of halogens is 1.